The molecule has 0 aliphatic heterocycles. The van der Waals surface area contributed by atoms with Gasteiger partial charge in [0.25, 0.3) is 0 Å². The average Bonchev–Trinajstić information content (AvgIpc) is 2.22. The number of nitrogen functional groups attached to an aromatic ring is 1. The van der Waals surface area contributed by atoms with E-state index in [2.05, 4.69) is 41.8 Å². The summed E-state index contributed by atoms with van der Waals surface area (Å²) in [6.45, 7) is 0. The van der Waals surface area contributed by atoms with Crippen molar-refractivity contribution in [3.63, 3.8) is 0 Å². The van der Waals surface area contributed by atoms with Crippen molar-refractivity contribution in [2.75, 3.05) is 11.1 Å². The maximum absolute atomic E-state index is 9.87. The average molecular weight is 341 g/mol. The van der Waals surface area contributed by atoms with Gasteiger partial charge >= 0.3 is 5.97 Å². The number of hydrogen-bond donors (Lipinski definition) is 2. The zero-order valence-electron chi connectivity index (χ0n) is 7.35. The first kappa shape index (κ1) is 14.0. The van der Waals surface area contributed by atoms with E-state index < -0.39 is 11.8 Å². The van der Waals surface area contributed by atoms with Gasteiger partial charge in [0.2, 0.25) is 11.7 Å². The van der Waals surface area contributed by atoms with Gasteiger partial charge in [0.1, 0.15) is 0 Å². The van der Waals surface area contributed by atoms with Crippen LogP contribution in [0.3, 0.4) is 0 Å². The molecule has 0 unspecified atom stereocenters. The lowest BCUT2D eigenvalue weighted by Crippen LogP contribution is -2.12. The van der Waals surface area contributed by atoms with Crippen LogP contribution in [0.15, 0.2) is 16.9 Å². The van der Waals surface area contributed by atoms with Crippen molar-refractivity contribution in [3.05, 3.63) is 16.9 Å². The van der Waals surface area contributed by atoms with E-state index in [0.29, 0.717) is 5.95 Å². The molecule has 0 fully saturated rings. The number of carbonyl (C=O) groups is 2. The normalized spacial score (nSPS) is 8.67. The van der Waals surface area contributed by atoms with Crippen molar-refractivity contribution in [3.8, 4) is 0 Å². The second-order valence-electron chi connectivity index (χ2n) is 2.12. The zero-order valence-corrected chi connectivity index (χ0v) is 10.5. The third-order valence-corrected chi connectivity index (χ3v) is 1.92. The fourth-order valence-electron chi connectivity index (χ4n) is 0.379. The highest BCUT2D eigenvalue weighted by molar-refractivity contribution is 9.10. The molecule has 0 saturated carbocycles. The molecule has 0 saturated heterocycles. The van der Waals surface area contributed by atoms with E-state index in [9.17, 15) is 9.59 Å². The molecule has 0 radical (unpaired) electrons. The second-order valence-corrected chi connectivity index (χ2v) is 3.60. The molecule has 8 heteroatoms. The first-order chi connectivity index (χ1) is 6.97. The maximum atomic E-state index is 9.87. The molecule has 1 heterocycles. The standard InChI is InChI=1S/C4H4BrN3.C3H3BrO3/c5-3-1-7-4(6)8-2-3;4-1-2(5)3(6)7/h1-2H,(H2,6,7,8);1H2,(H,6,7). The topological polar surface area (TPSA) is 106 Å². The molecule has 6 nitrogen and oxygen atoms in total. The van der Waals surface area contributed by atoms with Crippen LogP contribution < -0.4 is 5.73 Å². The second kappa shape index (κ2) is 7.30. The Balaban J connectivity index is 0.000000265. The van der Waals surface area contributed by atoms with Crippen LogP contribution in [0.1, 0.15) is 0 Å². The number of carbonyl (C=O) groups excluding carboxylic acids is 1. The molecule has 0 aliphatic carbocycles. The van der Waals surface area contributed by atoms with Crippen molar-refractivity contribution in [1.82, 2.24) is 9.97 Å². The number of aromatic nitrogens is 2. The minimum absolute atomic E-state index is 0.109. The van der Waals surface area contributed by atoms with Crippen molar-refractivity contribution >= 4 is 49.6 Å². The fourth-order valence-corrected chi connectivity index (χ4v) is 0.824. The zero-order chi connectivity index (χ0) is 11.8. The molecule has 0 aromatic carbocycles. The number of aliphatic carboxylic acids is 1. The number of hydrogen-bond acceptors (Lipinski definition) is 5. The van der Waals surface area contributed by atoms with Gasteiger partial charge in [0.05, 0.1) is 9.80 Å². The van der Waals surface area contributed by atoms with Gasteiger partial charge < -0.3 is 10.8 Å². The van der Waals surface area contributed by atoms with Gasteiger partial charge in [-0.2, -0.15) is 0 Å². The summed E-state index contributed by atoms with van der Waals surface area (Å²) in [5.41, 5.74) is 5.18. The Morgan fingerprint density at radius 3 is 2.07 bits per heavy atom. The Morgan fingerprint density at radius 1 is 1.40 bits per heavy atom. The molecular weight excluding hydrogens is 334 g/mol. The van der Waals surface area contributed by atoms with E-state index in [4.69, 9.17) is 10.8 Å². The Kier molecular flexibility index (Phi) is 6.80. The number of ketones is 1. The van der Waals surface area contributed by atoms with Crippen molar-refractivity contribution < 1.29 is 14.7 Å². The van der Waals surface area contributed by atoms with Crippen molar-refractivity contribution in [1.29, 1.82) is 0 Å². The smallest absolute Gasteiger partial charge is 0.373 e. The predicted molar refractivity (Wildman–Crippen MR) is 60.6 cm³/mol. The molecule has 0 aliphatic rings. The number of carboxylic acid groups (broad SMARTS) is 1. The van der Waals surface area contributed by atoms with Gasteiger partial charge in [0.15, 0.2) is 0 Å². The van der Waals surface area contributed by atoms with Crippen LogP contribution in [0.4, 0.5) is 5.95 Å². The molecule has 82 valence electrons. The highest BCUT2D eigenvalue weighted by atomic mass is 79.9. The highest BCUT2D eigenvalue weighted by Crippen LogP contribution is 2.03. The van der Waals surface area contributed by atoms with Crippen LogP contribution in [-0.2, 0) is 9.59 Å². The Bertz CT molecular complexity index is 321. The van der Waals surface area contributed by atoms with Gasteiger partial charge in [-0.1, -0.05) is 15.9 Å². The molecule has 1 aromatic heterocycles. The SMILES string of the molecule is Nc1ncc(Br)cn1.O=C(O)C(=O)CBr. The van der Waals surface area contributed by atoms with Gasteiger partial charge in [-0.25, -0.2) is 14.8 Å². The lowest BCUT2D eigenvalue weighted by atomic mass is 10.5. The third kappa shape index (κ3) is 6.97. The summed E-state index contributed by atoms with van der Waals surface area (Å²) in [5.74, 6) is -1.91. The Morgan fingerprint density at radius 2 is 1.87 bits per heavy atom. The quantitative estimate of drug-likeness (QED) is 0.610. The van der Waals surface area contributed by atoms with Crippen LogP contribution in [0.2, 0.25) is 0 Å². The van der Waals surface area contributed by atoms with E-state index >= 15 is 0 Å². The monoisotopic (exact) mass is 339 g/mol. The van der Waals surface area contributed by atoms with E-state index in [0.717, 1.165) is 4.47 Å². The number of alkyl halides is 1. The van der Waals surface area contributed by atoms with Gasteiger partial charge in [-0.05, 0) is 15.9 Å². The van der Waals surface area contributed by atoms with Gasteiger partial charge in [0, 0.05) is 12.4 Å². The lowest BCUT2D eigenvalue weighted by Gasteiger charge is -1.87. The maximum Gasteiger partial charge on any atom is 0.373 e. The summed E-state index contributed by atoms with van der Waals surface area (Å²) in [5, 5.41) is 7.69. The molecule has 1 rings (SSSR count). The molecule has 1 aromatic rings. The minimum atomic E-state index is -1.39. The summed E-state index contributed by atoms with van der Waals surface area (Å²) in [7, 11) is 0. The number of rotatable bonds is 2. The lowest BCUT2D eigenvalue weighted by molar-refractivity contribution is -0.147. The van der Waals surface area contributed by atoms with Crippen molar-refractivity contribution in [2.45, 2.75) is 0 Å². The van der Waals surface area contributed by atoms with Crippen LogP contribution >= 0.6 is 31.9 Å². The van der Waals surface area contributed by atoms with E-state index in [1.165, 1.54) is 0 Å². The molecule has 15 heavy (non-hydrogen) atoms. The summed E-state index contributed by atoms with van der Waals surface area (Å²) >= 11 is 5.85. The Labute approximate surface area is 102 Å². The number of nitrogens with two attached hydrogens (primary N) is 1. The van der Waals surface area contributed by atoms with Crippen LogP contribution in [0.5, 0.6) is 0 Å². The van der Waals surface area contributed by atoms with Crippen LogP contribution in [0.25, 0.3) is 0 Å². The molecule has 0 atom stereocenters. The number of Topliss-reactive ketones (excluding diaryl/α,β-unsaturated/α-hetero) is 1. The number of nitrogens with zero attached hydrogens (tertiary/aromatic N) is 2. The Hall–Kier alpha value is -1.02. The van der Waals surface area contributed by atoms with Gasteiger partial charge in [-0.15, -0.1) is 0 Å². The molecular formula is C7H7Br2N3O3. The summed E-state index contributed by atoms with van der Waals surface area (Å²) < 4.78 is 0.840. The summed E-state index contributed by atoms with van der Waals surface area (Å²) in [4.78, 5) is 26.8. The van der Waals surface area contributed by atoms with E-state index in [1.807, 2.05) is 0 Å². The van der Waals surface area contributed by atoms with Crippen molar-refractivity contribution in [2.24, 2.45) is 0 Å². The van der Waals surface area contributed by atoms with Gasteiger partial charge in [-0.3, -0.25) is 4.79 Å². The van der Waals surface area contributed by atoms with E-state index in [1.54, 1.807) is 12.4 Å². The first-order valence-corrected chi connectivity index (χ1v) is 5.44. The number of carboxylic acids is 1. The predicted octanol–water partition coefficient (Wildman–Crippen LogP) is 0.856. The third-order valence-electron chi connectivity index (χ3n) is 1.00. The van der Waals surface area contributed by atoms with Crippen LogP contribution in [-0.4, -0.2) is 32.2 Å². The summed E-state index contributed by atoms with van der Waals surface area (Å²) in [6, 6.07) is 0. The molecule has 0 spiro atoms. The molecule has 0 bridgehead atoms. The number of anilines is 1. The first-order valence-electron chi connectivity index (χ1n) is 3.52. The van der Waals surface area contributed by atoms with Crippen LogP contribution in [0, 0.1) is 0 Å². The number of halogens is 2. The highest BCUT2D eigenvalue weighted by Gasteiger charge is 2.06. The minimum Gasteiger partial charge on any atom is -0.475 e. The largest absolute Gasteiger partial charge is 0.475 e. The molecule has 0 amide bonds. The fraction of sp³-hybridized carbons (Fsp3) is 0.143. The summed E-state index contributed by atoms with van der Waals surface area (Å²) in [6.07, 6.45) is 3.20. The molecule has 3 N–H and O–H groups in total. The van der Waals surface area contributed by atoms with E-state index in [-0.39, 0.29) is 5.33 Å².